The van der Waals surface area contributed by atoms with E-state index in [4.69, 9.17) is 0 Å². The van der Waals surface area contributed by atoms with Crippen molar-refractivity contribution in [2.45, 2.75) is 39.5 Å². The molecule has 0 aromatic heterocycles. The van der Waals surface area contributed by atoms with E-state index < -0.39 is 0 Å². The number of anilines is 1. The van der Waals surface area contributed by atoms with E-state index in [9.17, 15) is 15.0 Å². The number of rotatable bonds is 11. The Kier molecular flexibility index (Phi) is 8.42. The van der Waals surface area contributed by atoms with Gasteiger partial charge < -0.3 is 15.5 Å². The Morgan fingerprint density at radius 3 is 2.47 bits per heavy atom. The first kappa shape index (κ1) is 23.5. The zero-order valence-corrected chi connectivity index (χ0v) is 18.8. The van der Waals surface area contributed by atoms with Crippen LogP contribution in [0.1, 0.15) is 40.4 Å². The first-order valence-electron chi connectivity index (χ1n) is 11.0. The van der Waals surface area contributed by atoms with Crippen LogP contribution in [0.2, 0.25) is 0 Å². The van der Waals surface area contributed by atoms with Gasteiger partial charge in [-0.3, -0.25) is 9.69 Å². The van der Waals surface area contributed by atoms with Crippen LogP contribution in [0.15, 0.2) is 72.8 Å². The first-order valence-corrected chi connectivity index (χ1v) is 11.0. The SMILES string of the molecule is Cc1ccccc1NCCC(C)N(CC(=O)c1ccc(O)c(CO)c1)Cc1ccccc1. The molecule has 1 unspecified atom stereocenters. The second-order valence-electron chi connectivity index (χ2n) is 8.19. The minimum atomic E-state index is -0.304. The molecule has 5 heteroatoms. The van der Waals surface area contributed by atoms with Gasteiger partial charge in [-0.25, -0.2) is 0 Å². The number of aliphatic hydroxyl groups excluding tert-OH is 1. The number of carbonyl (C=O) groups excluding carboxylic acids is 1. The van der Waals surface area contributed by atoms with Crippen LogP contribution < -0.4 is 5.32 Å². The van der Waals surface area contributed by atoms with Crippen molar-refractivity contribution in [3.63, 3.8) is 0 Å². The number of benzene rings is 3. The van der Waals surface area contributed by atoms with Crippen molar-refractivity contribution in [3.8, 4) is 5.75 Å². The lowest BCUT2D eigenvalue weighted by molar-refractivity contribution is 0.0886. The summed E-state index contributed by atoms with van der Waals surface area (Å²) in [6.07, 6.45) is 0.881. The monoisotopic (exact) mass is 432 g/mol. The topological polar surface area (TPSA) is 72.8 Å². The molecule has 168 valence electrons. The molecule has 1 atom stereocenters. The van der Waals surface area contributed by atoms with E-state index in [1.165, 1.54) is 11.6 Å². The maximum Gasteiger partial charge on any atom is 0.176 e. The Morgan fingerprint density at radius 2 is 1.75 bits per heavy atom. The van der Waals surface area contributed by atoms with Crippen LogP contribution in [0.25, 0.3) is 0 Å². The van der Waals surface area contributed by atoms with E-state index in [1.54, 1.807) is 12.1 Å². The van der Waals surface area contributed by atoms with Crippen LogP contribution in [-0.2, 0) is 13.2 Å². The van der Waals surface area contributed by atoms with Gasteiger partial charge in [-0.15, -0.1) is 0 Å². The number of aliphatic hydroxyl groups is 1. The molecule has 0 spiro atoms. The second-order valence-corrected chi connectivity index (χ2v) is 8.19. The quantitative estimate of drug-likeness (QED) is 0.381. The summed E-state index contributed by atoms with van der Waals surface area (Å²) in [7, 11) is 0. The zero-order valence-electron chi connectivity index (χ0n) is 18.8. The third kappa shape index (κ3) is 6.42. The van der Waals surface area contributed by atoms with Gasteiger partial charge in [-0.2, -0.15) is 0 Å². The first-order chi connectivity index (χ1) is 15.5. The molecule has 32 heavy (non-hydrogen) atoms. The van der Waals surface area contributed by atoms with Gasteiger partial charge in [0.25, 0.3) is 0 Å². The van der Waals surface area contributed by atoms with E-state index in [0.29, 0.717) is 17.7 Å². The molecule has 0 radical (unpaired) electrons. The fourth-order valence-electron chi connectivity index (χ4n) is 3.72. The fraction of sp³-hybridized carbons (Fsp3) is 0.296. The number of ketones is 1. The van der Waals surface area contributed by atoms with E-state index in [-0.39, 0.29) is 30.7 Å². The number of nitrogens with zero attached hydrogens (tertiary/aromatic N) is 1. The molecule has 0 bridgehead atoms. The number of aromatic hydroxyl groups is 1. The molecule has 0 fully saturated rings. The maximum absolute atomic E-state index is 13.0. The standard InChI is InChI=1S/C27H32N2O3/c1-20-8-6-7-11-25(20)28-15-14-21(2)29(17-22-9-4-3-5-10-22)18-27(32)23-12-13-26(31)24(16-23)19-30/h3-13,16,21,28,30-31H,14-15,17-19H2,1-2H3. The van der Waals surface area contributed by atoms with Gasteiger partial charge in [0, 0.05) is 35.9 Å². The normalized spacial score (nSPS) is 12.0. The van der Waals surface area contributed by atoms with Crippen LogP contribution >= 0.6 is 0 Å². The van der Waals surface area contributed by atoms with Gasteiger partial charge >= 0.3 is 0 Å². The number of para-hydroxylation sites is 1. The fourth-order valence-corrected chi connectivity index (χ4v) is 3.72. The van der Waals surface area contributed by atoms with E-state index in [0.717, 1.165) is 24.2 Å². The predicted molar refractivity (Wildman–Crippen MR) is 129 cm³/mol. The zero-order chi connectivity index (χ0) is 22.9. The van der Waals surface area contributed by atoms with Gasteiger partial charge in [-0.1, -0.05) is 48.5 Å². The van der Waals surface area contributed by atoms with Gasteiger partial charge in [-0.05, 0) is 55.7 Å². The summed E-state index contributed by atoms with van der Waals surface area (Å²) >= 11 is 0. The Balaban J connectivity index is 1.69. The summed E-state index contributed by atoms with van der Waals surface area (Å²) in [4.78, 5) is 15.2. The van der Waals surface area contributed by atoms with Crippen LogP contribution in [0, 0.1) is 6.92 Å². The van der Waals surface area contributed by atoms with E-state index >= 15 is 0 Å². The Hall–Kier alpha value is -3.15. The predicted octanol–water partition coefficient (Wildman–Crippen LogP) is 4.77. The molecule has 3 N–H and O–H groups in total. The maximum atomic E-state index is 13.0. The number of hydrogen-bond acceptors (Lipinski definition) is 5. The number of phenols is 1. The van der Waals surface area contributed by atoms with Crippen LogP contribution in [0.4, 0.5) is 5.69 Å². The number of hydrogen-bond donors (Lipinski definition) is 3. The minimum absolute atomic E-state index is 0.000777. The number of nitrogens with one attached hydrogen (secondary N) is 1. The van der Waals surface area contributed by atoms with Gasteiger partial charge in [0.2, 0.25) is 0 Å². The molecule has 3 aromatic rings. The molecule has 0 aliphatic rings. The molecule has 0 aliphatic carbocycles. The third-order valence-corrected chi connectivity index (χ3v) is 5.79. The van der Waals surface area contributed by atoms with E-state index in [1.807, 2.05) is 30.3 Å². The van der Waals surface area contributed by atoms with Crippen LogP contribution in [0.3, 0.4) is 0 Å². The van der Waals surface area contributed by atoms with Crippen molar-refractivity contribution < 1.29 is 15.0 Å². The van der Waals surface area contributed by atoms with Gasteiger partial charge in [0.1, 0.15) is 5.75 Å². The lowest BCUT2D eigenvalue weighted by atomic mass is 10.0. The number of aryl methyl sites for hydroxylation is 1. The lowest BCUT2D eigenvalue weighted by Crippen LogP contribution is -2.38. The molecule has 3 rings (SSSR count). The number of Topliss-reactive ketones (excluding diaryl/α,β-unsaturated/α-hetero) is 1. The largest absolute Gasteiger partial charge is 0.508 e. The van der Waals surface area contributed by atoms with Crippen LogP contribution in [-0.4, -0.2) is 40.0 Å². The van der Waals surface area contributed by atoms with Gasteiger partial charge in [0.15, 0.2) is 5.78 Å². The molecule has 0 aliphatic heterocycles. The minimum Gasteiger partial charge on any atom is -0.508 e. The summed E-state index contributed by atoms with van der Waals surface area (Å²) in [6, 6.07) is 23.2. The molecule has 5 nitrogen and oxygen atoms in total. The molecule has 3 aromatic carbocycles. The Bertz CT molecular complexity index is 1020. The van der Waals surface area contributed by atoms with Crippen molar-refractivity contribution in [3.05, 3.63) is 95.1 Å². The van der Waals surface area contributed by atoms with Gasteiger partial charge in [0.05, 0.1) is 13.2 Å². The summed E-state index contributed by atoms with van der Waals surface area (Å²) in [6.45, 7) is 5.66. The highest BCUT2D eigenvalue weighted by Gasteiger charge is 2.19. The Morgan fingerprint density at radius 1 is 1.03 bits per heavy atom. The molecule has 0 heterocycles. The highest BCUT2D eigenvalue weighted by atomic mass is 16.3. The van der Waals surface area contributed by atoms with Crippen molar-refractivity contribution in [2.75, 3.05) is 18.4 Å². The molecular formula is C27H32N2O3. The lowest BCUT2D eigenvalue weighted by Gasteiger charge is -2.29. The van der Waals surface area contributed by atoms with Crippen molar-refractivity contribution in [2.24, 2.45) is 0 Å². The Labute approximate surface area is 190 Å². The highest BCUT2D eigenvalue weighted by molar-refractivity contribution is 5.98. The molecular weight excluding hydrogens is 400 g/mol. The van der Waals surface area contributed by atoms with Crippen molar-refractivity contribution >= 4 is 11.5 Å². The summed E-state index contributed by atoms with van der Waals surface area (Å²) in [5.74, 6) is -0.0322. The molecule has 0 amide bonds. The highest BCUT2D eigenvalue weighted by Crippen LogP contribution is 2.20. The summed E-state index contributed by atoms with van der Waals surface area (Å²) < 4.78 is 0. The molecule has 0 saturated heterocycles. The van der Waals surface area contributed by atoms with Crippen molar-refractivity contribution in [1.82, 2.24) is 4.90 Å². The summed E-state index contributed by atoms with van der Waals surface area (Å²) in [5, 5.41) is 22.7. The average Bonchev–Trinajstić information content (AvgIpc) is 2.80. The number of carbonyl (C=O) groups is 1. The average molecular weight is 433 g/mol. The van der Waals surface area contributed by atoms with Crippen LogP contribution in [0.5, 0.6) is 5.75 Å². The molecule has 0 saturated carbocycles. The van der Waals surface area contributed by atoms with E-state index in [2.05, 4.69) is 48.3 Å². The second kappa shape index (κ2) is 11.5. The third-order valence-electron chi connectivity index (χ3n) is 5.79. The van der Waals surface area contributed by atoms with Crippen molar-refractivity contribution in [1.29, 1.82) is 0 Å². The summed E-state index contributed by atoms with van der Waals surface area (Å²) in [5.41, 5.74) is 4.35. The smallest absolute Gasteiger partial charge is 0.176 e.